The van der Waals surface area contributed by atoms with E-state index in [-0.39, 0.29) is 18.7 Å². The van der Waals surface area contributed by atoms with Crippen LogP contribution < -0.4 is 14.5 Å². The van der Waals surface area contributed by atoms with E-state index in [1.54, 1.807) is 32.9 Å². The zero-order chi connectivity index (χ0) is 22.3. The van der Waals surface area contributed by atoms with E-state index in [0.29, 0.717) is 12.0 Å². The van der Waals surface area contributed by atoms with Gasteiger partial charge in [-0.1, -0.05) is 0 Å². The maximum absolute atomic E-state index is 13.4. The van der Waals surface area contributed by atoms with Crippen LogP contribution in [0, 0.1) is 0 Å². The Morgan fingerprint density at radius 2 is 1.87 bits per heavy atom. The molecule has 0 bridgehead atoms. The summed E-state index contributed by atoms with van der Waals surface area (Å²) in [6.07, 6.45) is -0.356. The maximum Gasteiger partial charge on any atom is 0.407 e. The Kier molecular flexibility index (Phi) is 8.63. The minimum atomic E-state index is -2.36. The van der Waals surface area contributed by atoms with Crippen LogP contribution in [0.5, 0.6) is 0 Å². The molecule has 1 atom stereocenters. The summed E-state index contributed by atoms with van der Waals surface area (Å²) in [5.41, 5.74) is 0.966. The highest BCUT2D eigenvalue weighted by Gasteiger charge is 2.19. The fourth-order valence-electron chi connectivity index (χ4n) is 2.94. The third-order valence-electron chi connectivity index (χ3n) is 4.55. The third kappa shape index (κ3) is 7.58. The van der Waals surface area contributed by atoms with Gasteiger partial charge in [0.25, 0.3) is 11.3 Å². The van der Waals surface area contributed by atoms with Crippen LogP contribution in [0.25, 0.3) is 0 Å². The first-order valence-electron chi connectivity index (χ1n) is 9.76. The summed E-state index contributed by atoms with van der Waals surface area (Å²) in [5.74, 6) is 0. The van der Waals surface area contributed by atoms with E-state index in [4.69, 9.17) is 4.74 Å². The van der Waals surface area contributed by atoms with Crippen LogP contribution in [0.15, 0.2) is 36.2 Å². The van der Waals surface area contributed by atoms with E-state index in [1.807, 2.05) is 12.1 Å². The number of carbonyl (C=O) groups is 1. The lowest BCUT2D eigenvalue weighted by molar-refractivity contribution is 0.0532. The zero-order valence-corrected chi connectivity index (χ0v) is 18.7. The zero-order valence-electron chi connectivity index (χ0n) is 17.9. The summed E-state index contributed by atoms with van der Waals surface area (Å²) in [6.45, 7) is 8.64. The first-order valence-corrected chi connectivity index (χ1v) is 10.8. The molecule has 2 N–H and O–H groups in total. The van der Waals surface area contributed by atoms with Gasteiger partial charge in [0.15, 0.2) is 0 Å². The first kappa shape index (κ1) is 24.1. The molecular weight excluding hydrogens is 411 g/mol. The molecule has 2 rings (SSSR count). The molecular formula is C20H31FN4O4S. The fourth-order valence-corrected chi connectivity index (χ4v) is 3.52. The molecule has 8 nitrogen and oxygen atoms in total. The van der Waals surface area contributed by atoms with Crippen molar-refractivity contribution < 1.29 is 22.7 Å². The van der Waals surface area contributed by atoms with Crippen molar-refractivity contribution in [1.82, 2.24) is 10.2 Å². The SMILES string of the molecule is CN1CCN(c2ccc(N(C/C(=C/F)CNC(=O)OC(C)(C)C)S(=O)O)cc2)CC1. The molecule has 0 saturated carbocycles. The Labute approximate surface area is 180 Å². The smallest absolute Gasteiger partial charge is 0.407 e. The van der Waals surface area contributed by atoms with Crippen molar-refractivity contribution in [2.45, 2.75) is 26.4 Å². The molecule has 30 heavy (non-hydrogen) atoms. The van der Waals surface area contributed by atoms with Crippen LogP contribution in [-0.4, -0.2) is 71.7 Å². The Bertz CT molecular complexity index is 759. The molecule has 1 fully saturated rings. The van der Waals surface area contributed by atoms with Crippen LogP contribution in [0.4, 0.5) is 20.6 Å². The molecule has 1 aliphatic heterocycles. The van der Waals surface area contributed by atoms with Crippen molar-refractivity contribution in [3.05, 3.63) is 36.2 Å². The van der Waals surface area contributed by atoms with Crippen molar-refractivity contribution >= 4 is 28.7 Å². The van der Waals surface area contributed by atoms with Gasteiger partial charge in [0, 0.05) is 38.4 Å². The number of hydrogen-bond donors (Lipinski definition) is 2. The van der Waals surface area contributed by atoms with Gasteiger partial charge in [0.05, 0.1) is 18.6 Å². The number of ether oxygens (including phenoxy) is 1. The van der Waals surface area contributed by atoms with E-state index in [0.717, 1.165) is 36.2 Å². The Morgan fingerprint density at radius 1 is 1.27 bits per heavy atom. The van der Waals surface area contributed by atoms with Crippen LogP contribution in [-0.2, 0) is 16.0 Å². The van der Waals surface area contributed by atoms with Crippen molar-refractivity contribution in [3.8, 4) is 0 Å². The number of halogens is 1. The molecule has 1 aliphatic rings. The molecule has 168 valence electrons. The first-order chi connectivity index (χ1) is 14.1. The van der Waals surface area contributed by atoms with Gasteiger partial charge in [0.1, 0.15) is 5.60 Å². The monoisotopic (exact) mass is 442 g/mol. The summed E-state index contributed by atoms with van der Waals surface area (Å²) >= 11 is -2.36. The highest BCUT2D eigenvalue weighted by Crippen LogP contribution is 2.23. The number of rotatable bonds is 7. The van der Waals surface area contributed by atoms with Crippen LogP contribution in [0.1, 0.15) is 20.8 Å². The van der Waals surface area contributed by atoms with E-state index in [2.05, 4.69) is 22.2 Å². The van der Waals surface area contributed by atoms with Gasteiger partial charge >= 0.3 is 6.09 Å². The van der Waals surface area contributed by atoms with E-state index < -0.39 is 23.0 Å². The Hall–Kier alpha value is -2.17. The van der Waals surface area contributed by atoms with Gasteiger partial charge in [-0.3, -0.25) is 8.86 Å². The second-order valence-electron chi connectivity index (χ2n) is 8.20. The summed E-state index contributed by atoms with van der Waals surface area (Å²) in [5, 5.41) is 2.45. The lowest BCUT2D eigenvalue weighted by Gasteiger charge is -2.34. The van der Waals surface area contributed by atoms with Crippen LogP contribution in [0.3, 0.4) is 0 Å². The number of alkyl carbamates (subject to hydrolysis) is 1. The van der Waals surface area contributed by atoms with Crippen LogP contribution in [0.2, 0.25) is 0 Å². The normalized spacial score (nSPS) is 16.9. The Balaban J connectivity index is 2.00. The molecule has 1 amide bonds. The standard InChI is InChI=1S/C20H31FN4O4S/c1-20(2,3)29-19(26)22-14-16(13-21)15-25(30(27)28)18-7-5-17(6-8-18)24-11-9-23(4)10-12-24/h5-8,13H,9-12,14-15H2,1-4H3,(H,22,26)(H,27,28)/b16-13+. The predicted octanol–water partition coefficient (Wildman–Crippen LogP) is 2.76. The van der Waals surface area contributed by atoms with Crippen molar-refractivity contribution in [2.75, 3.05) is 55.5 Å². The van der Waals surface area contributed by atoms with Gasteiger partial charge in [-0.05, 0) is 57.7 Å². The third-order valence-corrected chi connectivity index (χ3v) is 5.27. The molecule has 0 aromatic heterocycles. The van der Waals surface area contributed by atoms with Gasteiger partial charge in [-0.15, -0.1) is 0 Å². The molecule has 1 saturated heterocycles. The van der Waals surface area contributed by atoms with E-state index in [1.165, 1.54) is 0 Å². The second-order valence-corrected chi connectivity index (χ2v) is 9.10. The largest absolute Gasteiger partial charge is 0.444 e. The average molecular weight is 443 g/mol. The van der Waals surface area contributed by atoms with Gasteiger partial charge in [-0.2, -0.15) is 0 Å². The summed E-state index contributed by atoms with van der Waals surface area (Å²) in [7, 11) is 2.09. The summed E-state index contributed by atoms with van der Waals surface area (Å²) in [4.78, 5) is 16.3. The molecule has 1 unspecified atom stereocenters. The number of carbonyl (C=O) groups excluding carboxylic acids is 1. The minimum Gasteiger partial charge on any atom is -0.444 e. The topological polar surface area (TPSA) is 85.4 Å². The number of piperazine rings is 1. The predicted molar refractivity (Wildman–Crippen MR) is 118 cm³/mol. The fraction of sp³-hybridized carbons (Fsp3) is 0.550. The number of benzene rings is 1. The number of likely N-dealkylation sites (N-methyl/N-ethyl adjacent to an activating group) is 1. The molecule has 1 heterocycles. The van der Waals surface area contributed by atoms with Gasteiger partial charge < -0.3 is 19.9 Å². The van der Waals surface area contributed by atoms with Crippen LogP contribution >= 0.6 is 0 Å². The highest BCUT2D eigenvalue weighted by atomic mass is 32.2. The second kappa shape index (κ2) is 10.7. The lowest BCUT2D eigenvalue weighted by Crippen LogP contribution is -2.44. The van der Waals surface area contributed by atoms with E-state index >= 15 is 0 Å². The van der Waals surface area contributed by atoms with Crippen molar-refractivity contribution in [1.29, 1.82) is 0 Å². The number of nitrogens with one attached hydrogen (secondary N) is 1. The van der Waals surface area contributed by atoms with Crippen molar-refractivity contribution in [2.24, 2.45) is 0 Å². The lowest BCUT2D eigenvalue weighted by atomic mass is 10.2. The van der Waals surface area contributed by atoms with E-state index in [9.17, 15) is 17.9 Å². The average Bonchev–Trinajstić information content (AvgIpc) is 2.67. The van der Waals surface area contributed by atoms with Crippen molar-refractivity contribution in [3.63, 3.8) is 0 Å². The summed E-state index contributed by atoms with van der Waals surface area (Å²) < 4.78 is 41.2. The highest BCUT2D eigenvalue weighted by molar-refractivity contribution is 7.80. The number of nitrogens with zero attached hydrogens (tertiary/aromatic N) is 3. The summed E-state index contributed by atoms with van der Waals surface area (Å²) in [6, 6.07) is 7.24. The number of hydrogen-bond acceptors (Lipinski definition) is 5. The quantitative estimate of drug-likeness (QED) is 0.632. The van der Waals surface area contributed by atoms with Gasteiger partial charge in [-0.25, -0.2) is 13.4 Å². The molecule has 10 heteroatoms. The number of amides is 1. The van der Waals surface area contributed by atoms with Gasteiger partial charge in [0.2, 0.25) is 0 Å². The Morgan fingerprint density at radius 3 is 2.37 bits per heavy atom. The number of anilines is 2. The molecule has 1 aromatic rings. The minimum absolute atomic E-state index is 0.131. The maximum atomic E-state index is 13.4. The molecule has 1 aromatic carbocycles. The molecule has 0 spiro atoms. The molecule has 0 radical (unpaired) electrons. The molecule has 0 aliphatic carbocycles.